The number of methoxy groups -OCH3 is 1. The van der Waals surface area contributed by atoms with E-state index in [2.05, 4.69) is 52.8 Å². The minimum Gasteiger partial charge on any atom is -0.488 e. The number of hydrogen-bond donors (Lipinski definition) is 2. The Morgan fingerprint density at radius 2 is 2.06 bits per heavy atom. The Hall–Kier alpha value is -2.58. The number of aromatic nitrogens is 2. The van der Waals surface area contributed by atoms with Gasteiger partial charge in [0.2, 0.25) is 0 Å². The molecule has 2 N–H and O–H groups in total. The summed E-state index contributed by atoms with van der Waals surface area (Å²) in [7, 11) is 3.48. The molecule has 0 bridgehead atoms. The highest BCUT2D eigenvalue weighted by Crippen LogP contribution is 2.23. The van der Waals surface area contributed by atoms with Crippen molar-refractivity contribution in [3.63, 3.8) is 0 Å². The van der Waals surface area contributed by atoms with Crippen LogP contribution in [-0.2, 0) is 29.1 Å². The molecule has 0 spiro atoms. The zero-order valence-electron chi connectivity index (χ0n) is 19.3. The summed E-state index contributed by atoms with van der Waals surface area (Å²) in [6, 6.07) is 6.30. The molecule has 2 aromatic rings. The first-order valence-corrected chi connectivity index (χ1v) is 10.8. The quantitative estimate of drug-likeness (QED) is 0.471. The second-order valence-corrected chi connectivity index (χ2v) is 7.86. The lowest BCUT2D eigenvalue weighted by Crippen LogP contribution is -2.36. The number of nitrogens with zero attached hydrogens (tertiary/aromatic N) is 3. The summed E-state index contributed by atoms with van der Waals surface area (Å²) in [5.41, 5.74) is 5.62. The first kappa shape index (κ1) is 23.1. The van der Waals surface area contributed by atoms with Gasteiger partial charge < -0.3 is 24.8 Å². The maximum atomic E-state index is 6.20. The van der Waals surface area contributed by atoms with Gasteiger partial charge in [-0.2, -0.15) is 5.10 Å². The molecule has 8 heteroatoms. The van der Waals surface area contributed by atoms with Gasteiger partial charge in [-0.25, -0.2) is 0 Å². The molecule has 3 rings (SSSR count). The Balaban J connectivity index is 1.60. The van der Waals surface area contributed by atoms with Crippen molar-refractivity contribution in [2.75, 3.05) is 34.0 Å². The summed E-state index contributed by atoms with van der Waals surface area (Å²) < 4.78 is 18.8. The van der Waals surface area contributed by atoms with Crippen LogP contribution >= 0.6 is 0 Å². The molecule has 0 amide bonds. The highest BCUT2D eigenvalue weighted by Gasteiger charge is 2.19. The van der Waals surface area contributed by atoms with Crippen molar-refractivity contribution in [3.05, 3.63) is 46.3 Å². The highest BCUT2D eigenvalue weighted by atomic mass is 16.5. The molecule has 1 aromatic carbocycles. The van der Waals surface area contributed by atoms with E-state index in [1.807, 2.05) is 11.6 Å². The van der Waals surface area contributed by atoms with Gasteiger partial charge in [-0.3, -0.25) is 9.67 Å². The molecule has 8 nitrogen and oxygen atoms in total. The molecule has 1 aliphatic rings. The summed E-state index contributed by atoms with van der Waals surface area (Å²) in [5.74, 6) is 1.64. The van der Waals surface area contributed by atoms with Crippen molar-refractivity contribution >= 4 is 5.96 Å². The van der Waals surface area contributed by atoms with Gasteiger partial charge in [-0.1, -0.05) is 12.1 Å². The molecule has 1 saturated heterocycles. The van der Waals surface area contributed by atoms with Gasteiger partial charge in [-0.05, 0) is 32.4 Å². The SMILES string of the molecule is CN=C(NCc1ccc(C)cc1OC1CCOC1)NCc1c(C)nn(CCOC)c1C. The van der Waals surface area contributed by atoms with Crippen LogP contribution in [0.4, 0.5) is 0 Å². The van der Waals surface area contributed by atoms with Crippen molar-refractivity contribution in [2.24, 2.45) is 4.99 Å². The molecule has 1 aliphatic heterocycles. The Morgan fingerprint density at radius 3 is 2.77 bits per heavy atom. The van der Waals surface area contributed by atoms with Crippen LogP contribution < -0.4 is 15.4 Å². The van der Waals surface area contributed by atoms with Crippen LogP contribution in [0.5, 0.6) is 5.75 Å². The normalized spacial score (nSPS) is 16.5. The van der Waals surface area contributed by atoms with Crippen molar-refractivity contribution < 1.29 is 14.2 Å². The van der Waals surface area contributed by atoms with Crippen molar-refractivity contribution in [2.45, 2.75) is 52.9 Å². The predicted molar refractivity (Wildman–Crippen MR) is 122 cm³/mol. The Morgan fingerprint density at radius 1 is 1.26 bits per heavy atom. The summed E-state index contributed by atoms with van der Waals surface area (Å²) >= 11 is 0. The fourth-order valence-corrected chi connectivity index (χ4v) is 3.66. The molecule has 31 heavy (non-hydrogen) atoms. The number of aryl methyl sites for hydroxylation is 2. The van der Waals surface area contributed by atoms with Gasteiger partial charge in [0.05, 0.1) is 32.1 Å². The molecule has 2 heterocycles. The van der Waals surface area contributed by atoms with Crippen LogP contribution in [-0.4, -0.2) is 55.8 Å². The fraction of sp³-hybridized carbons (Fsp3) is 0.565. The number of rotatable bonds is 9. The van der Waals surface area contributed by atoms with Crippen LogP contribution in [0.15, 0.2) is 23.2 Å². The van der Waals surface area contributed by atoms with Crippen LogP contribution in [0.2, 0.25) is 0 Å². The molecule has 1 atom stereocenters. The second-order valence-electron chi connectivity index (χ2n) is 7.86. The molecule has 0 radical (unpaired) electrons. The van der Waals surface area contributed by atoms with Crippen LogP contribution in [0, 0.1) is 20.8 Å². The molecule has 1 fully saturated rings. The van der Waals surface area contributed by atoms with E-state index in [-0.39, 0.29) is 6.10 Å². The molecular formula is C23H35N5O3. The largest absolute Gasteiger partial charge is 0.488 e. The van der Waals surface area contributed by atoms with Crippen LogP contribution in [0.1, 0.15) is 34.5 Å². The van der Waals surface area contributed by atoms with Crippen LogP contribution in [0.3, 0.4) is 0 Å². The second kappa shape index (κ2) is 11.2. The lowest BCUT2D eigenvalue weighted by molar-refractivity contribution is 0.140. The standard InChI is InChI=1S/C23H35N5O3/c1-16-6-7-19(22(12-16)31-20-8-10-30-15-20)13-25-23(24-4)26-14-21-17(2)27-28(18(21)3)9-11-29-5/h6-7,12,20H,8-11,13-15H2,1-5H3,(H2,24,25,26). The summed E-state index contributed by atoms with van der Waals surface area (Å²) in [6.07, 6.45) is 1.06. The summed E-state index contributed by atoms with van der Waals surface area (Å²) in [6.45, 7) is 10.3. The third-order valence-electron chi connectivity index (χ3n) is 5.55. The van der Waals surface area contributed by atoms with Crippen molar-refractivity contribution in [3.8, 4) is 5.75 Å². The van der Waals surface area contributed by atoms with E-state index in [0.29, 0.717) is 26.3 Å². The monoisotopic (exact) mass is 429 g/mol. The molecule has 1 unspecified atom stereocenters. The number of ether oxygens (including phenoxy) is 3. The van der Waals surface area contributed by atoms with Crippen molar-refractivity contribution in [1.29, 1.82) is 0 Å². The first-order chi connectivity index (χ1) is 15.0. The average molecular weight is 430 g/mol. The number of hydrogen-bond acceptors (Lipinski definition) is 5. The third-order valence-corrected chi connectivity index (χ3v) is 5.55. The van der Waals surface area contributed by atoms with Gasteiger partial charge in [-0.15, -0.1) is 0 Å². The Kier molecular flexibility index (Phi) is 8.31. The predicted octanol–water partition coefficient (Wildman–Crippen LogP) is 2.49. The van der Waals surface area contributed by atoms with Gasteiger partial charge in [0.25, 0.3) is 0 Å². The number of aliphatic imine (C=N–C) groups is 1. The Bertz CT molecular complexity index is 888. The lowest BCUT2D eigenvalue weighted by Gasteiger charge is -2.18. The highest BCUT2D eigenvalue weighted by molar-refractivity contribution is 5.79. The Labute approximate surface area is 185 Å². The van der Waals surface area contributed by atoms with Gasteiger partial charge in [0.1, 0.15) is 11.9 Å². The maximum Gasteiger partial charge on any atom is 0.191 e. The lowest BCUT2D eigenvalue weighted by atomic mass is 10.1. The first-order valence-electron chi connectivity index (χ1n) is 10.8. The molecule has 170 valence electrons. The average Bonchev–Trinajstić information content (AvgIpc) is 3.36. The van der Waals surface area contributed by atoms with Crippen molar-refractivity contribution in [1.82, 2.24) is 20.4 Å². The molecule has 0 saturated carbocycles. The third kappa shape index (κ3) is 6.21. The van der Waals surface area contributed by atoms with E-state index in [1.54, 1.807) is 14.2 Å². The molecule has 0 aliphatic carbocycles. The fourth-order valence-electron chi connectivity index (χ4n) is 3.66. The summed E-state index contributed by atoms with van der Waals surface area (Å²) in [5, 5.41) is 11.4. The van der Waals surface area contributed by atoms with Gasteiger partial charge in [0.15, 0.2) is 5.96 Å². The minimum atomic E-state index is 0.124. The minimum absolute atomic E-state index is 0.124. The van der Waals surface area contributed by atoms with E-state index in [9.17, 15) is 0 Å². The van der Waals surface area contributed by atoms with E-state index in [0.717, 1.165) is 48.2 Å². The molecular weight excluding hydrogens is 394 g/mol. The van der Waals surface area contributed by atoms with Gasteiger partial charge >= 0.3 is 0 Å². The smallest absolute Gasteiger partial charge is 0.191 e. The zero-order valence-corrected chi connectivity index (χ0v) is 19.3. The van der Waals surface area contributed by atoms with Crippen LogP contribution in [0.25, 0.3) is 0 Å². The van der Waals surface area contributed by atoms with E-state index in [4.69, 9.17) is 14.2 Å². The number of nitrogens with one attached hydrogen (secondary N) is 2. The van der Waals surface area contributed by atoms with E-state index in [1.165, 1.54) is 11.1 Å². The number of benzene rings is 1. The van der Waals surface area contributed by atoms with E-state index < -0.39 is 0 Å². The number of guanidine groups is 1. The summed E-state index contributed by atoms with van der Waals surface area (Å²) in [4.78, 5) is 4.37. The van der Waals surface area contributed by atoms with Gasteiger partial charge in [0, 0.05) is 50.5 Å². The maximum absolute atomic E-state index is 6.20. The molecule has 1 aromatic heterocycles. The zero-order chi connectivity index (χ0) is 22.2. The van der Waals surface area contributed by atoms with E-state index >= 15 is 0 Å². The topological polar surface area (TPSA) is 81.9 Å².